The molecule has 1 aliphatic rings. The number of hydrogen-bond donors (Lipinski definition) is 1. The molecule has 1 N–H and O–H groups in total. The number of rotatable bonds is 7. The van der Waals surface area contributed by atoms with Gasteiger partial charge in [-0.3, -0.25) is 4.79 Å². The first-order valence-electron chi connectivity index (χ1n) is 9.48. The van der Waals surface area contributed by atoms with Crippen LogP contribution in [0.3, 0.4) is 0 Å². The zero-order chi connectivity index (χ0) is 21.7. The molecule has 1 heterocycles. The first kappa shape index (κ1) is 22.2. The van der Waals surface area contributed by atoms with Crippen molar-refractivity contribution < 1.29 is 23.1 Å². The van der Waals surface area contributed by atoms with E-state index in [1.54, 1.807) is 24.3 Å². The van der Waals surface area contributed by atoms with E-state index < -0.39 is 21.9 Å². The van der Waals surface area contributed by atoms with Crippen LogP contribution in [0.4, 0.5) is 0 Å². The number of sulfonamides is 1. The quantitative estimate of drug-likeness (QED) is 0.657. The Labute approximate surface area is 181 Å². The molecular weight excluding hydrogens is 426 g/mol. The molecule has 0 amide bonds. The topological polar surface area (TPSA) is 83.9 Å². The number of carboxylic acids is 1. The minimum atomic E-state index is -3.79. The van der Waals surface area contributed by atoms with Gasteiger partial charge in [0.25, 0.3) is 0 Å². The molecule has 0 spiro atoms. The maximum Gasteiger partial charge on any atom is 0.306 e. The van der Waals surface area contributed by atoms with Crippen molar-refractivity contribution in [1.29, 1.82) is 0 Å². The lowest BCUT2D eigenvalue weighted by atomic mass is 9.99. The van der Waals surface area contributed by atoms with E-state index in [4.69, 9.17) is 27.9 Å². The Morgan fingerprint density at radius 3 is 2.47 bits per heavy atom. The van der Waals surface area contributed by atoms with Crippen LogP contribution in [0, 0.1) is 18.3 Å². The monoisotopic (exact) mass is 447 g/mol. The second kappa shape index (κ2) is 9.52. The molecule has 6 nitrogen and oxygen atoms in total. The molecule has 0 saturated carbocycles. The lowest BCUT2D eigenvalue weighted by molar-refractivity contribution is -0.142. The summed E-state index contributed by atoms with van der Waals surface area (Å²) in [4.78, 5) is 11.4. The van der Waals surface area contributed by atoms with E-state index in [0.29, 0.717) is 35.6 Å². The van der Waals surface area contributed by atoms with Gasteiger partial charge in [-0.2, -0.15) is 4.31 Å². The lowest BCUT2D eigenvalue weighted by Gasteiger charge is -2.30. The van der Waals surface area contributed by atoms with E-state index in [-0.39, 0.29) is 24.6 Å². The first-order chi connectivity index (χ1) is 14.3. The number of nitrogens with zero attached hydrogens (tertiary/aromatic N) is 1. The maximum absolute atomic E-state index is 13.3. The Balaban J connectivity index is 1.92. The lowest BCUT2D eigenvalue weighted by Crippen LogP contribution is -2.40. The van der Waals surface area contributed by atoms with Crippen molar-refractivity contribution in [2.75, 3.05) is 19.7 Å². The Bertz CT molecular complexity index is 1050. The smallest absolute Gasteiger partial charge is 0.306 e. The zero-order valence-electron chi connectivity index (χ0n) is 16.3. The van der Waals surface area contributed by atoms with E-state index in [9.17, 15) is 13.2 Å². The van der Waals surface area contributed by atoms with Crippen molar-refractivity contribution in [2.45, 2.75) is 24.2 Å². The van der Waals surface area contributed by atoms with Crippen LogP contribution in [-0.2, 0) is 21.2 Å². The van der Waals surface area contributed by atoms with Gasteiger partial charge in [0.15, 0.2) is 0 Å². The number of benzene rings is 2. The van der Waals surface area contributed by atoms with Crippen LogP contribution in [-0.4, -0.2) is 43.5 Å². The summed E-state index contributed by atoms with van der Waals surface area (Å²) in [5.41, 5.74) is 1.47. The molecule has 30 heavy (non-hydrogen) atoms. The van der Waals surface area contributed by atoms with Crippen LogP contribution >= 0.6 is 11.6 Å². The average Bonchev–Trinajstić information content (AvgIpc) is 2.74. The van der Waals surface area contributed by atoms with Crippen LogP contribution in [0.15, 0.2) is 47.4 Å². The van der Waals surface area contributed by atoms with Crippen LogP contribution in [0.2, 0.25) is 5.02 Å². The van der Waals surface area contributed by atoms with Gasteiger partial charge in [0.05, 0.1) is 10.8 Å². The number of terminal acetylenes is 1. The fourth-order valence-corrected chi connectivity index (χ4v) is 5.26. The molecular formula is C22H22ClNO5S. The van der Waals surface area contributed by atoms with Gasteiger partial charge in [0.2, 0.25) is 10.0 Å². The Hall–Kier alpha value is -2.53. The molecule has 8 heteroatoms. The summed E-state index contributed by atoms with van der Waals surface area (Å²) < 4.78 is 33.5. The van der Waals surface area contributed by atoms with Gasteiger partial charge in [0.1, 0.15) is 12.4 Å². The van der Waals surface area contributed by atoms with Gasteiger partial charge >= 0.3 is 5.97 Å². The molecule has 0 aliphatic carbocycles. The molecule has 0 unspecified atom stereocenters. The van der Waals surface area contributed by atoms with Gasteiger partial charge in [-0.1, -0.05) is 29.7 Å². The molecule has 2 aromatic rings. The molecule has 158 valence electrons. The zero-order valence-corrected chi connectivity index (χ0v) is 17.8. The number of halogens is 1. The molecule has 1 aliphatic heterocycles. The second-order valence-corrected chi connectivity index (χ2v) is 9.42. The van der Waals surface area contributed by atoms with Gasteiger partial charge in [-0.25, -0.2) is 8.42 Å². The molecule has 2 aromatic carbocycles. The summed E-state index contributed by atoms with van der Waals surface area (Å²) in [5, 5.41) is 9.76. The summed E-state index contributed by atoms with van der Waals surface area (Å²) in [6.07, 6.45) is 6.21. The normalized spacial score (nSPS) is 15.5. The van der Waals surface area contributed by atoms with Crippen LogP contribution in [0.1, 0.15) is 24.0 Å². The summed E-state index contributed by atoms with van der Waals surface area (Å²) in [6, 6.07) is 12.0. The summed E-state index contributed by atoms with van der Waals surface area (Å²) >= 11 is 5.95. The minimum absolute atomic E-state index is 0.0786. The fraction of sp³-hybridized carbons (Fsp3) is 0.318. The van der Waals surface area contributed by atoms with Crippen molar-refractivity contribution in [1.82, 2.24) is 4.31 Å². The summed E-state index contributed by atoms with van der Waals surface area (Å²) in [7, 11) is -3.79. The Morgan fingerprint density at radius 1 is 1.20 bits per heavy atom. The van der Waals surface area contributed by atoms with Crippen molar-refractivity contribution in [3.8, 4) is 18.1 Å². The number of carboxylic acid groups (broad SMARTS) is 1. The highest BCUT2D eigenvalue weighted by molar-refractivity contribution is 7.89. The minimum Gasteiger partial charge on any atom is -0.481 e. The molecule has 0 bridgehead atoms. The Morgan fingerprint density at radius 2 is 1.87 bits per heavy atom. The van der Waals surface area contributed by atoms with Gasteiger partial charge in [-0.05, 0) is 60.7 Å². The van der Waals surface area contributed by atoms with Gasteiger partial charge in [0, 0.05) is 18.1 Å². The average molecular weight is 448 g/mol. The van der Waals surface area contributed by atoms with Crippen molar-refractivity contribution >= 4 is 27.6 Å². The third-order valence-electron chi connectivity index (χ3n) is 5.08. The predicted octanol–water partition coefficient (Wildman–Crippen LogP) is 3.43. The number of carbonyl (C=O) groups is 1. The highest BCUT2D eigenvalue weighted by Crippen LogP contribution is 2.30. The van der Waals surface area contributed by atoms with Crippen LogP contribution in [0.5, 0.6) is 5.75 Å². The van der Waals surface area contributed by atoms with E-state index in [0.717, 1.165) is 5.56 Å². The van der Waals surface area contributed by atoms with Gasteiger partial charge < -0.3 is 9.84 Å². The highest BCUT2D eigenvalue weighted by Gasteiger charge is 2.33. The van der Waals surface area contributed by atoms with Gasteiger partial charge in [-0.15, -0.1) is 6.42 Å². The molecule has 1 saturated heterocycles. The van der Waals surface area contributed by atoms with Crippen molar-refractivity contribution in [3.05, 3.63) is 58.6 Å². The molecule has 1 fully saturated rings. The Kier molecular flexibility index (Phi) is 7.03. The number of piperidine rings is 1. The molecule has 0 atom stereocenters. The molecule has 3 rings (SSSR count). The summed E-state index contributed by atoms with van der Waals surface area (Å²) in [6.45, 7) is 0.430. The third kappa shape index (κ3) is 5.14. The van der Waals surface area contributed by atoms with E-state index in [1.165, 1.54) is 10.4 Å². The molecule has 0 radical (unpaired) electrons. The number of ether oxygens (including phenoxy) is 1. The standard InChI is InChI=1S/C22H22ClNO5S/c1-2-13-29-20-7-8-21(18(15-20)14-16-3-5-19(23)6-4-16)30(27,28)24-11-9-17(10-12-24)22(25)26/h1,3-8,15,17H,9-14H2,(H,25,26). The predicted molar refractivity (Wildman–Crippen MR) is 114 cm³/mol. The van der Waals surface area contributed by atoms with E-state index >= 15 is 0 Å². The van der Waals surface area contributed by atoms with E-state index in [1.807, 2.05) is 12.1 Å². The SMILES string of the molecule is C#CCOc1ccc(S(=O)(=O)N2CCC(C(=O)O)CC2)c(Cc2ccc(Cl)cc2)c1. The van der Waals surface area contributed by atoms with Crippen LogP contribution < -0.4 is 4.74 Å². The van der Waals surface area contributed by atoms with Crippen molar-refractivity contribution in [3.63, 3.8) is 0 Å². The highest BCUT2D eigenvalue weighted by atomic mass is 35.5. The van der Waals surface area contributed by atoms with Crippen molar-refractivity contribution in [2.24, 2.45) is 5.92 Å². The fourth-order valence-electron chi connectivity index (χ4n) is 3.46. The van der Waals surface area contributed by atoms with Crippen LogP contribution in [0.25, 0.3) is 0 Å². The molecule has 0 aromatic heterocycles. The largest absolute Gasteiger partial charge is 0.481 e. The summed E-state index contributed by atoms with van der Waals surface area (Å²) in [5.74, 6) is 1.48. The first-order valence-corrected chi connectivity index (χ1v) is 11.3. The van der Waals surface area contributed by atoms with E-state index in [2.05, 4.69) is 5.92 Å². The third-order valence-corrected chi connectivity index (χ3v) is 7.33. The number of hydrogen-bond acceptors (Lipinski definition) is 4. The maximum atomic E-state index is 13.3. The second-order valence-electron chi connectivity index (χ2n) is 7.08. The number of aliphatic carboxylic acids is 1.